The van der Waals surface area contributed by atoms with Crippen molar-refractivity contribution >= 4 is 5.97 Å². The molecule has 0 aromatic rings. The molecule has 0 aromatic heterocycles. The van der Waals surface area contributed by atoms with Gasteiger partial charge in [-0.25, -0.2) is 0 Å². The molecule has 2 unspecified atom stereocenters. The maximum atomic E-state index is 10.7. The lowest BCUT2D eigenvalue weighted by Gasteiger charge is -2.19. The summed E-state index contributed by atoms with van der Waals surface area (Å²) in [5.41, 5.74) is 5.66. The van der Waals surface area contributed by atoms with E-state index in [-0.39, 0.29) is 6.42 Å². The van der Waals surface area contributed by atoms with Gasteiger partial charge in [-0.05, 0) is 56.9 Å². The van der Waals surface area contributed by atoms with Gasteiger partial charge in [0, 0.05) is 6.42 Å². The maximum absolute atomic E-state index is 10.7. The molecule has 136 valence electrons. The number of carbonyl (C=O) groups is 1. The highest BCUT2D eigenvalue weighted by molar-refractivity contribution is 5.66. The molecular formula is C20H39NO2. The number of allylic oxidation sites excluding steroid dienone is 2. The lowest BCUT2D eigenvalue weighted by molar-refractivity contribution is -0.137. The number of hydrogen-bond donors (Lipinski definition) is 2. The molecule has 0 radical (unpaired) electrons. The molecule has 0 saturated heterocycles. The zero-order chi connectivity index (χ0) is 17.3. The van der Waals surface area contributed by atoms with Gasteiger partial charge in [-0.3, -0.25) is 4.79 Å². The number of unbranched alkanes of at least 4 members (excludes halogenated alkanes) is 4. The second-order valence-electron chi connectivity index (χ2n) is 6.78. The molecule has 0 rings (SSSR count). The lowest BCUT2D eigenvalue weighted by Crippen LogP contribution is -2.12. The number of carboxylic acid groups (broad SMARTS) is 1. The van der Waals surface area contributed by atoms with E-state index < -0.39 is 5.97 Å². The molecule has 3 N–H and O–H groups in total. The van der Waals surface area contributed by atoms with Gasteiger partial charge in [0.25, 0.3) is 0 Å². The minimum absolute atomic E-state index is 0.277. The number of rotatable bonds is 16. The molecule has 3 heteroatoms. The summed E-state index contributed by atoms with van der Waals surface area (Å²) >= 11 is 0. The van der Waals surface area contributed by atoms with Crippen molar-refractivity contribution in [1.82, 2.24) is 0 Å². The van der Waals surface area contributed by atoms with Crippen LogP contribution in [-0.4, -0.2) is 17.6 Å². The van der Waals surface area contributed by atoms with Crippen molar-refractivity contribution < 1.29 is 9.90 Å². The summed E-state index contributed by atoms with van der Waals surface area (Å²) < 4.78 is 0. The topological polar surface area (TPSA) is 63.3 Å². The van der Waals surface area contributed by atoms with Crippen molar-refractivity contribution in [3.8, 4) is 0 Å². The summed E-state index contributed by atoms with van der Waals surface area (Å²) in [6.45, 7) is 5.17. The molecule has 0 aliphatic carbocycles. The Labute approximate surface area is 143 Å². The minimum atomic E-state index is -0.690. The van der Waals surface area contributed by atoms with Crippen LogP contribution in [0.4, 0.5) is 0 Å². The first-order valence-corrected chi connectivity index (χ1v) is 9.70. The lowest BCUT2D eigenvalue weighted by atomic mass is 9.87. The van der Waals surface area contributed by atoms with E-state index in [0.29, 0.717) is 12.5 Å². The van der Waals surface area contributed by atoms with Crippen LogP contribution in [0.15, 0.2) is 12.2 Å². The number of carboxylic acids is 1. The molecule has 0 fully saturated rings. The van der Waals surface area contributed by atoms with Gasteiger partial charge >= 0.3 is 5.97 Å². The van der Waals surface area contributed by atoms with E-state index in [0.717, 1.165) is 25.2 Å². The van der Waals surface area contributed by atoms with Gasteiger partial charge < -0.3 is 10.8 Å². The largest absolute Gasteiger partial charge is 0.481 e. The molecule has 0 saturated carbocycles. The summed E-state index contributed by atoms with van der Waals surface area (Å²) in [5.74, 6) is 0.514. The molecular weight excluding hydrogens is 286 g/mol. The molecule has 0 spiro atoms. The second-order valence-corrected chi connectivity index (χ2v) is 6.78. The molecule has 3 nitrogen and oxygen atoms in total. The smallest absolute Gasteiger partial charge is 0.303 e. The fraction of sp³-hybridized carbons (Fsp3) is 0.850. The Morgan fingerprint density at radius 1 is 1.00 bits per heavy atom. The first-order valence-electron chi connectivity index (χ1n) is 9.70. The molecule has 0 aliphatic heterocycles. The highest BCUT2D eigenvalue weighted by Crippen LogP contribution is 2.24. The van der Waals surface area contributed by atoms with E-state index >= 15 is 0 Å². The van der Waals surface area contributed by atoms with Gasteiger partial charge in [-0.1, -0.05) is 58.1 Å². The van der Waals surface area contributed by atoms with Gasteiger partial charge in [-0.2, -0.15) is 0 Å². The van der Waals surface area contributed by atoms with Crippen LogP contribution >= 0.6 is 0 Å². The quantitative estimate of drug-likeness (QED) is 0.289. The third-order valence-corrected chi connectivity index (χ3v) is 4.76. The van der Waals surface area contributed by atoms with E-state index in [1.165, 1.54) is 51.4 Å². The van der Waals surface area contributed by atoms with E-state index in [4.69, 9.17) is 10.8 Å². The average Bonchev–Trinajstić information content (AvgIpc) is 2.54. The van der Waals surface area contributed by atoms with Crippen molar-refractivity contribution in [2.45, 2.75) is 90.9 Å². The summed E-state index contributed by atoms with van der Waals surface area (Å²) in [6.07, 6.45) is 17.9. The summed E-state index contributed by atoms with van der Waals surface area (Å²) in [5, 5.41) is 8.83. The van der Waals surface area contributed by atoms with Crippen molar-refractivity contribution in [3.63, 3.8) is 0 Å². The maximum Gasteiger partial charge on any atom is 0.303 e. The fourth-order valence-corrected chi connectivity index (χ4v) is 3.05. The predicted octanol–water partition coefficient (Wildman–Crippen LogP) is 5.54. The normalized spacial score (nSPS) is 14.2. The van der Waals surface area contributed by atoms with Gasteiger partial charge in [0.1, 0.15) is 0 Å². The van der Waals surface area contributed by atoms with Crippen LogP contribution in [-0.2, 0) is 4.79 Å². The monoisotopic (exact) mass is 325 g/mol. The highest BCUT2D eigenvalue weighted by Gasteiger charge is 2.13. The van der Waals surface area contributed by atoms with Crippen LogP contribution in [0.1, 0.15) is 90.9 Å². The van der Waals surface area contributed by atoms with Crippen LogP contribution in [0.3, 0.4) is 0 Å². The van der Waals surface area contributed by atoms with Crippen LogP contribution in [0.2, 0.25) is 0 Å². The summed E-state index contributed by atoms with van der Waals surface area (Å²) in [6, 6.07) is 0. The third kappa shape index (κ3) is 14.5. The number of hydrogen-bond acceptors (Lipinski definition) is 2. The van der Waals surface area contributed by atoms with E-state index in [1.54, 1.807) is 0 Å². The van der Waals surface area contributed by atoms with E-state index in [1.807, 2.05) is 0 Å². The Morgan fingerprint density at radius 3 is 2.35 bits per heavy atom. The van der Waals surface area contributed by atoms with Gasteiger partial charge in [0.05, 0.1) is 0 Å². The zero-order valence-electron chi connectivity index (χ0n) is 15.4. The van der Waals surface area contributed by atoms with Crippen molar-refractivity contribution in [1.29, 1.82) is 0 Å². The van der Waals surface area contributed by atoms with Crippen LogP contribution < -0.4 is 5.73 Å². The molecule has 0 bridgehead atoms. The Hall–Kier alpha value is -0.830. The number of aliphatic carboxylic acids is 1. The Kier molecular flexibility index (Phi) is 15.5. The SMILES string of the molecule is CCCCCCC=CCC(CC)CCC(CCN)CCC(=O)O. The summed E-state index contributed by atoms with van der Waals surface area (Å²) in [7, 11) is 0. The third-order valence-electron chi connectivity index (χ3n) is 4.76. The van der Waals surface area contributed by atoms with Crippen LogP contribution in [0, 0.1) is 11.8 Å². The van der Waals surface area contributed by atoms with Crippen molar-refractivity contribution in [2.24, 2.45) is 17.6 Å². The molecule has 0 aliphatic rings. The molecule has 0 aromatic carbocycles. The van der Waals surface area contributed by atoms with Crippen molar-refractivity contribution in [3.05, 3.63) is 12.2 Å². The fourth-order valence-electron chi connectivity index (χ4n) is 3.05. The van der Waals surface area contributed by atoms with Gasteiger partial charge in [0.15, 0.2) is 0 Å². The Balaban J connectivity index is 3.95. The predicted molar refractivity (Wildman–Crippen MR) is 99.6 cm³/mol. The van der Waals surface area contributed by atoms with Crippen molar-refractivity contribution in [2.75, 3.05) is 6.54 Å². The zero-order valence-corrected chi connectivity index (χ0v) is 15.4. The second kappa shape index (κ2) is 16.0. The highest BCUT2D eigenvalue weighted by atomic mass is 16.4. The van der Waals surface area contributed by atoms with E-state index in [9.17, 15) is 4.79 Å². The molecule has 2 atom stereocenters. The molecule has 23 heavy (non-hydrogen) atoms. The average molecular weight is 326 g/mol. The standard InChI is InChI=1S/C20H39NO2/c1-3-5-6-7-8-9-10-11-18(4-2)12-13-19(16-17-21)14-15-20(22)23/h9-10,18-19H,3-8,11-17,21H2,1-2H3,(H,22,23). The minimum Gasteiger partial charge on any atom is -0.481 e. The van der Waals surface area contributed by atoms with Crippen LogP contribution in [0.25, 0.3) is 0 Å². The number of nitrogens with two attached hydrogens (primary N) is 1. The summed E-state index contributed by atoms with van der Waals surface area (Å²) in [4.78, 5) is 10.7. The van der Waals surface area contributed by atoms with Gasteiger partial charge in [0.2, 0.25) is 0 Å². The molecule has 0 amide bonds. The first-order chi connectivity index (χ1) is 11.1. The molecule has 0 heterocycles. The van der Waals surface area contributed by atoms with Crippen LogP contribution in [0.5, 0.6) is 0 Å². The van der Waals surface area contributed by atoms with E-state index in [2.05, 4.69) is 26.0 Å². The Bertz CT molecular complexity index is 302. The first kappa shape index (κ1) is 22.2. The van der Waals surface area contributed by atoms with Gasteiger partial charge in [-0.15, -0.1) is 0 Å². The Morgan fingerprint density at radius 2 is 1.74 bits per heavy atom.